The number of hydrogen-bond donors (Lipinski definition) is 2. The quantitative estimate of drug-likeness (QED) is 0.585. The third kappa shape index (κ3) is 6.92. The van der Waals surface area contributed by atoms with E-state index in [1.165, 1.54) is 14.0 Å². The minimum atomic E-state index is -0.959. The molecule has 0 aliphatic heterocycles. The van der Waals surface area contributed by atoms with Gasteiger partial charge in [0.2, 0.25) is 0 Å². The van der Waals surface area contributed by atoms with Crippen LogP contribution in [0.4, 0.5) is 0 Å². The lowest BCUT2D eigenvalue weighted by Crippen LogP contribution is -2.40. The number of carbonyl (C=O) groups excluding carboxylic acids is 3. The van der Waals surface area contributed by atoms with Crippen LogP contribution in [-0.4, -0.2) is 44.1 Å². The molecule has 7 nitrogen and oxygen atoms in total. The Morgan fingerprint density at radius 3 is 2.40 bits per heavy atom. The van der Waals surface area contributed by atoms with Gasteiger partial charge in [-0.05, 0) is 37.1 Å². The third-order valence-corrected chi connectivity index (χ3v) is 4.69. The summed E-state index contributed by atoms with van der Waals surface area (Å²) in [5, 5.41) is 5.30. The Morgan fingerprint density at radius 1 is 1.00 bits per heavy atom. The summed E-state index contributed by atoms with van der Waals surface area (Å²) in [5.41, 5.74) is 1.50. The van der Waals surface area contributed by atoms with Gasteiger partial charge in [0.25, 0.3) is 11.8 Å². The number of methoxy groups -OCH3 is 1. The summed E-state index contributed by atoms with van der Waals surface area (Å²) in [6, 6.07) is 16.5. The van der Waals surface area contributed by atoms with Crippen LogP contribution in [0.3, 0.4) is 0 Å². The normalized spacial score (nSPS) is 12.4. The molecule has 0 saturated heterocycles. The number of hydrogen-bond acceptors (Lipinski definition) is 5. The number of amides is 2. The van der Waals surface area contributed by atoms with E-state index in [0.29, 0.717) is 17.9 Å². The molecule has 7 heteroatoms. The van der Waals surface area contributed by atoms with Crippen LogP contribution in [0, 0.1) is 0 Å². The van der Waals surface area contributed by atoms with Gasteiger partial charge in [0.1, 0.15) is 12.3 Å². The van der Waals surface area contributed by atoms with E-state index < -0.39 is 18.0 Å². The highest BCUT2D eigenvalue weighted by Gasteiger charge is 2.20. The fourth-order valence-corrected chi connectivity index (χ4v) is 2.90. The standard InChI is InChI=1S/C23H28N2O5/c1-4-17(18-9-6-5-7-10-18)14-24-22(27)16(2)30-21(26)15-25-23(28)19-11-8-12-20(13-19)29-3/h5-13,16-17H,4,14-15H2,1-3H3,(H,24,27)(H,25,28)/t16-,17+/m0/s1. The summed E-state index contributed by atoms with van der Waals surface area (Å²) in [5.74, 6) is -0.783. The maximum Gasteiger partial charge on any atom is 0.326 e. The van der Waals surface area contributed by atoms with Gasteiger partial charge in [-0.2, -0.15) is 0 Å². The van der Waals surface area contributed by atoms with E-state index >= 15 is 0 Å². The van der Waals surface area contributed by atoms with E-state index in [1.807, 2.05) is 30.3 Å². The van der Waals surface area contributed by atoms with Crippen LogP contribution in [0.1, 0.15) is 42.1 Å². The van der Waals surface area contributed by atoms with Crippen LogP contribution in [0.15, 0.2) is 54.6 Å². The zero-order chi connectivity index (χ0) is 21.9. The molecular formula is C23H28N2O5. The predicted molar refractivity (Wildman–Crippen MR) is 113 cm³/mol. The molecule has 0 spiro atoms. The summed E-state index contributed by atoms with van der Waals surface area (Å²) in [6.45, 7) is 3.67. The van der Waals surface area contributed by atoms with Crippen LogP contribution in [0.5, 0.6) is 5.75 Å². The van der Waals surface area contributed by atoms with Gasteiger partial charge < -0.3 is 20.1 Å². The highest BCUT2D eigenvalue weighted by atomic mass is 16.5. The van der Waals surface area contributed by atoms with Crippen molar-refractivity contribution in [2.24, 2.45) is 0 Å². The predicted octanol–water partition coefficient (Wildman–Crippen LogP) is 2.67. The van der Waals surface area contributed by atoms with Gasteiger partial charge in [0.15, 0.2) is 6.10 Å². The fraction of sp³-hybridized carbons (Fsp3) is 0.348. The zero-order valence-electron chi connectivity index (χ0n) is 17.5. The van der Waals surface area contributed by atoms with Crippen LogP contribution in [0.25, 0.3) is 0 Å². The van der Waals surface area contributed by atoms with Gasteiger partial charge in [-0.1, -0.05) is 43.3 Å². The number of esters is 1. The second-order valence-corrected chi connectivity index (χ2v) is 6.81. The Hall–Kier alpha value is -3.35. The van der Waals surface area contributed by atoms with Crippen molar-refractivity contribution >= 4 is 17.8 Å². The summed E-state index contributed by atoms with van der Waals surface area (Å²) in [4.78, 5) is 36.4. The molecule has 0 radical (unpaired) electrons. The second-order valence-electron chi connectivity index (χ2n) is 6.81. The van der Waals surface area contributed by atoms with E-state index in [-0.39, 0.29) is 18.4 Å². The van der Waals surface area contributed by atoms with E-state index in [0.717, 1.165) is 12.0 Å². The molecule has 2 aromatic carbocycles. The molecule has 0 heterocycles. The molecular weight excluding hydrogens is 384 g/mol. The van der Waals surface area contributed by atoms with Crippen molar-refractivity contribution in [1.82, 2.24) is 10.6 Å². The molecule has 0 unspecified atom stereocenters. The molecule has 0 aliphatic carbocycles. The minimum absolute atomic E-state index is 0.181. The first-order chi connectivity index (χ1) is 14.4. The summed E-state index contributed by atoms with van der Waals surface area (Å²) in [7, 11) is 1.50. The molecule has 2 N–H and O–H groups in total. The number of ether oxygens (including phenoxy) is 2. The molecule has 30 heavy (non-hydrogen) atoms. The van der Waals surface area contributed by atoms with E-state index in [4.69, 9.17) is 9.47 Å². The van der Waals surface area contributed by atoms with Gasteiger partial charge in [-0.25, -0.2) is 0 Å². The third-order valence-electron chi connectivity index (χ3n) is 4.69. The largest absolute Gasteiger partial charge is 0.497 e. The van der Waals surface area contributed by atoms with Crippen LogP contribution < -0.4 is 15.4 Å². The number of rotatable bonds is 10. The summed E-state index contributed by atoms with van der Waals surface area (Å²) >= 11 is 0. The molecule has 2 atom stereocenters. The summed E-state index contributed by atoms with van der Waals surface area (Å²) in [6.07, 6.45) is -0.0890. The first-order valence-corrected chi connectivity index (χ1v) is 9.89. The molecule has 0 saturated carbocycles. The smallest absolute Gasteiger partial charge is 0.326 e. The number of carbonyl (C=O) groups is 3. The Balaban J connectivity index is 1.77. The van der Waals surface area contributed by atoms with Crippen molar-refractivity contribution in [2.45, 2.75) is 32.3 Å². The van der Waals surface area contributed by atoms with Crippen molar-refractivity contribution in [1.29, 1.82) is 0 Å². The molecule has 0 aromatic heterocycles. The lowest BCUT2D eigenvalue weighted by Gasteiger charge is -2.18. The monoisotopic (exact) mass is 412 g/mol. The number of nitrogens with one attached hydrogen (secondary N) is 2. The lowest BCUT2D eigenvalue weighted by atomic mass is 9.96. The van der Waals surface area contributed by atoms with Gasteiger partial charge in [0.05, 0.1) is 7.11 Å². The Kier molecular flexibility index (Phi) is 8.87. The average molecular weight is 412 g/mol. The van der Waals surface area contributed by atoms with Crippen molar-refractivity contribution in [3.8, 4) is 5.75 Å². The van der Waals surface area contributed by atoms with Gasteiger partial charge in [0, 0.05) is 18.0 Å². The van der Waals surface area contributed by atoms with Gasteiger partial charge in [-0.3, -0.25) is 14.4 Å². The first kappa shape index (κ1) is 22.9. The highest BCUT2D eigenvalue weighted by Crippen LogP contribution is 2.18. The van der Waals surface area contributed by atoms with Gasteiger partial charge >= 0.3 is 5.97 Å². The minimum Gasteiger partial charge on any atom is -0.497 e. The molecule has 0 bridgehead atoms. The topological polar surface area (TPSA) is 93.7 Å². The fourth-order valence-electron chi connectivity index (χ4n) is 2.90. The first-order valence-electron chi connectivity index (χ1n) is 9.89. The highest BCUT2D eigenvalue weighted by molar-refractivity contribution is 5.96. The lowest BCUT2D eigenvalue weighted by molar-refractivity contribution is -0.153. The Morgan fingerprint density at radius 2 is 1.73 bits per heavy atom. The van der Waals surface area contributed by atoms with Crippen molar-refractivity contribution in [3.63, 3.8) is 0 Å². The van der Waals surface area contributed by atoms with E-state index in [9.17, 15) is 14.4 Å². The maximum atomic E-state index is 12.3. The summed E-state index contributed by atoms with van der Waals surface area (Å²) < 4.78 is 10.2. The average Bonchev–Trinajstić information content (AvgIpc) is 2.78. The van der Waals surface area contributed by atoms with Crippen LogP contribution in [-0.2, 0) is 14.3 Å². The molecule has 2 amide bonds. The van der Waals surface area contributed by atoms with Gasteiger partial charge in [-0.15, -0.1) is 0 Å². The second kappa shape index (κ2) is 11.6. The Labute approximate surface area is 176 Å². The van der Waals surface area contributed by atoms with Crippen molar-refractivity contribution in [3.05, 3.63) is 65.7 Å². The molecule has 2 rings (SSSR count). The van der Waals surface area contributed by atoms with Crippen LogP contribution >= 0.6 is 0 Å². The zero-order valence-corrected chi connectivity index (χ0v) is 17.5. The van der Waals surface area contributed by atoms with Crippen LogP contribution in [0.2, 0.25) is 0 Å². The Bertz CT molecular complexity index is 854. The SMILES string of the molecule is CC[C@H](CNC(=O)[C@H](C)OC(=O)CNC(=O)c1cccc(OC)c1)c1ccccc1. The molecule has 160 valence electrons. The van der Waals surface area contributed by atoms with E-state index in [2.05, 4.69) is 17.6 Å². The number of benzene rings is 2. The van der Waals surface area contributed by atoms with Crippen molar-refractivity contribution in [2.75, 3.05) is 20.2 Å². The molecule has 2 aromatic rings. The molecule has 0 aliphatic rings. The van der Waals surface area contributed by atoms with E-state index in [1.54, 1.807) is 24.3 Å². The maximum absolute atomic E-state index is 12.3. The molecule has 0 fully saturated rings. The van der Waals surface area contributed by atoms with Crippen molar-refractivity contribution < 1.29 is 23.9 Å².